The summed E-state index contributed by atoms with van der Waals surface area (Å²) in [6.45, 7) is 7.53. The molecule has 37 heavy (non-hydrogen) atoms. The van der Waals surface area contributed by atoms with Gasteiger partial charge in [0.25, 0.3) is 0 Å². The van der Waals surface area contributed by atoms with Crippen molar-refractivity contribution in [1.82, 2.24) is 4.90 Å². The van der Waals surface area contributed by atoms with Crippen molar-refractivity contribution in [2.75, 3.05) is 46.0 Å². The lowest BCUT2D eigenvalue weighted by Crippen LogP contribution is -2.68. The summed E-state index contributed by atoms with van der Waals surface area (Å²) in [5.41, 5.74) is -1.65. The summed E-state index contributed by atoms with van der Waals surface area (Å²) >= 11 is 0. The van der Waals surface area contributed by atoms with E-state index >= 15 is 0 Å². The number of cyclic esters (lactones) is 1. The Kier molecular flexibility index (Phi) is 6.59. The standard InChI is InChI=1S/C29H44N2O6/c1-26-6-3-23-24(29(26,35)9-5-22(26)20-16-25(33)37-18-20)4-8-28(34)17-21(32)2-7-27(23,28)19-30-10-11-31-12-14-36-15-13-31/h16,19,21-24,32,34-35H,2-15,17-18H2,1H3/t21-,22+,23-,24+,26-,27+,28+,29+/m1/s1. The molecule has 0 amide bonds. The van der Waals surface area contributed by atoms with Crippen LogP contribution in [0.2, 0.25) is 0 Å². The van der Waals surface area contributed by atoms with Gasteiger partial charge in [0.05, 0.1) is 37.1 Å². The highest BCUT2D eigenvalue weighted by molar-refractivity contribution is 5.85. The van der Waals surface area contributed by atoms with Crippen LogP contribution in [0.4, 0.5) is 0 Å². The molecule has 3 N–H and O–H groups in total. The van der Waals surface area contributed by atoms with Gasteiger partial charge in [-0.05, 0) is 74.7 Å². The van der Waals surface area contributed by atoms with Crippen molar-refractivity contribution in [2.45, 2.75) is 82.0 Å². The number of rotatable bonds is 5. The van der Waals surface area contributed by atoms with Crippen molar-refractivity contribution >= 4 is 12.2 Å². The second-order valence-corrected chi connectivity index (χ2v) is 13.0. The van der Waals surface area contributed by atoms with E-state index in [1.807, 2.05) is 0 Å². The predicted octanol–water partition coefficient (Wildman–Crippen LogP) is 2.10. The van der Waals surface area contributed by atoms with E-state index in [0.717, 1.165) is 64.1 Å². The first-order valence-corrected chi connectivity index (χ1v) is 14.5. The molecule has 0 spiro atoms. The van der Waals surface area contributed by atoms with Gasteiger partial charge >= 0.3 is 5.97 Å². The normalized spacial score (nSPS) is 48.3. The van der Waals surface area contributed by atoms with Crippen molar-refractivity contribution in [3.05, 3.63) is 11.6 Å². The minimum absolute atomic E-state index is 0.0658. The maximum atomic E-state index is 12.5. The highest BCUT2D eigenvalue weighted by Gasteiger charge is 2.71. The van der Waals surface area contributed by atoms with Crippen LogP contribution in [0.5, 0.6) is 0 Å². The lowest BCUT2D eigenvalue weighted by atomic mass is 9.41. The van der Waals surface area contributed by atoms with Gasteiger partial charge < -0.3 is 24.8 Å². The summed E-state index contributed by atoms with van der Waals surface area (Å²) in [6, 6.07) is 0. The van der Waals surface area contributed by atoms with E-state index in [1.54, 1.807) is 6.08 Å². The Balaban J connectivity index is 1.28. The van der Waals surface area contributed by atoms with Gasteiger partial charge in [0.2, 0.25) is 0 Å². The maximum absolute atomic E-state index is 12.5. The first-order chi connectivity index (χ1) is 17.7. The molecule has 8 atom stereocenters. The molecular formula is C29H44N2O6. The molecule has 0 unspecified atom stereocenters. The largest absolute Gasteiger partial charge is 0.458 e. The van der Waals surface area contributed by atoms with Crippen LogP contribution >= 0.6 is 0 Å². The molecule has 1 saturated heterocycles. The van der Waals surface area contributed by atoms with Gasteiger partial charge in [0, 0.05) is 49.2 Å². The molecule has 0 aromatic heterocycles. The maximum Gasteiger partial charge on any atom is 0.331 e. The minimum Gasteiger partial charge on any atom is -0.458 e. The first-order valence-electron chi connectivity index (χ1n) is 14.5. The number of ether oxygens (including phenoxy) is 2. The zero-order valence-electron chi connectivity index (χ0n) is 22.2. The monoisotopic (exact) mass is 516 g/mol. The molecule has 4 aliphatic carbocycles. The molecule has 2 heterocycles. The summed E-state index contributed by atoms with van der Waals surface area (Å²) in [5.74, 6) is 0.0738. The summed E-state index contributed by atoms with van der Waals surface area (Å²) in [7, 11) is 0. The Morgan fingerprint density at radius 3 is 2.62 bits per heavy atom. The smallest absolute Gasteiger partial charge is 0.331 e. The van der Waals surface area contributed by atoms with Crippen molar-refractivity contribution in [3.8, 4) is 0 Å². The molecule has 0 aromatic carbocycles. The number of morpholine rings is 1. The number of fused-ring (bicyclic) bond motifs is 5. The van der Waals surface area contributed by atoms with Crippen LogP contribution in [0.1, 0.15) is 64.7 Å². The first kappa shape index (κ1) is 25.9. The highest BCUT2D eigenvalue weighted by Crippen LogP contribution is 2.70. The third-order valence-corrected chi connectivity index (χ3v) is 11.6. The second kappa shape index (κ2) is 9.40. The fourth-order valence-corrected chi connectivity index (χ4v) is 9.61. The van der Waals surface area contributed by atoms with Crippen molar-refractivity contribution in [3.63, 3.8) is 0 Å². The van der Waals surface area contributed by atoms with Crippen LogP contribution in [-0.4, -0.2) is 95.7 Å². The topological polar surface area (TPSA) is 112 Å². The Morgan fingerprint density at radius 2 is 1.86 bits per heavy atom. The number of aliphatic hydroxyl groups excluding tert-OH is 1. The molecule has 8 nitrogen and oxygen atoms in total. The van der Waals surface area contributed by atoms with E-state index in [0.29, 0.717) is 45.3 Å². The minimum atomic E-state index is -0.995. The van der Waals surface area contributed by atoms with Crippen molar-refractivity contribution in [1.29, 1.82) is 0 Å². The van der Waals surface area contributed by atoms with Gasteiger partial charge in [-0.3, -0.25) is 9.89 Å². The number of hydrogen-bond donors (Lipinski definition) is 3. The average Bonchev–Trinajstić information content (AvgIpc) is 3.42. The number of esters is 1. The van der Waals surface area contributed by atoms with Crippen molar-refractivity contribution in [2.24, 2.45) is 33.6 Å². The van der Waals surface area contributed by atoms with Gasteiger partial charge in [-0.2, -0.15) is 0 Å². The molecule has 8 heteroatoms. The summed E-state index contributed by atoms with van der Waals surface area (Å²) in [5, 5.41) is 35.2. The van der Waals surface area contributed by atoms with Gasteiger partial charge in [0.1, 0.15) is 6.61 Å². The van der Waals surface area contributed by atoms with E-state index in [4.69, 9.17) is 14.5 Å². The molecule has 0 aromatic rings. The van der Waals surface area contributed by atoms with Crippen molar-refractivity contribution < 1.29 is 29.6 Å². The Bertz CT molecular complexity index is 964. The molecule has 206 valence electrons. The fourth-order valence-electron chi connectivity index (χ4n) is 9.61. The van der Waals surface area contributed by atoms with Gasteiger partial charge in [-0.1, -0.05) is 6.92 Å². The lowest BCUT2D eigenvalue weighted by molar-refractivity contribution is -0.237. The van der Waals surface area contributed by atoms with Gasteiger partial charge in [-0.15, -0.1) is 0 Å². The van der Waals surface area contributed by atoms with E-state index in [9.17, 15) is 20.1 Å². The molecule has 6 aliphatic rings. The number of carbonyl (C=O) groups is 1. The van der Waals surface area contributed by atoms with E-state index in [2.05, 4.69) is 18.0 Å². The predicted molar refractivity (Wildman–Crippen MR) is 138 cm³/mol. The van der Waals surface area contributed by atoms with Crippen LogP contribution in [0.25, 0.3) is 0 Å². The van der Waals surface area contributed by atoms with E-state index in [1.165, 1.54) is 0 Å². The number of nitrogens with zero attached hydrogens (tertiary/aromatic N) is 2. The summed E-state index contributed by atoms with van der Waals surface area (Å²) < 4.78 is 10.7. The third kappa shape index (κ3) is 3.96. The molecule has 0 bridgehead atoms. The summed E-state index contributed by atoms with van der Waals surface area (Å²) in [6.07, 6.45) is 9.65. The zero-order chi connectivity index (χ0) is 25.9. The SMILES string of the molecule is C[C@]12CC[C@@H]3[C@H](CC[C@]4(O)C[C@H](O)CC[C@]34C=NCCN3CCOCC3)[C@@]1(O)CC[C@H]2C1=CC(=O)OC1. The molecule has 5 fully saturated rings. The second-order valence-electron chi connectivity index (χ2n) is 13.0. The number of hydrogen-bond acceptors (Lipinski definition) is 8. The average molecular weight is 517 g/mol. The Morgan fingerprint density at radius 1 is 1.08 bits per heavy atom. The van der Waals surface area contributed by atoms with Gasteiger partial charge in [0.15, 0.2) is 0 Å². The quantitative estimate of drug-likeness (QED) is 0.379. The van der Waals surface area contributed by atoms with Crippen LogP contribution in [0.3, 0.4) is 0 Å². The Hall–Kier alpha value is -1.32. The highest BCUT2D eigenvalue weighted by atomic mass is 16.5. The van der Waals surface area contributed by atoms with E-state index < -0.39 is 22.7 Å². The zero-order valence-corrected chi connectivity index (χ0v) is 22.2. The number of carbonyl (C=O) groups excluding carboxylic acids is 1. The van der Waals surface area contributed by atoms with Crippen LogP contribution in [0.15, 0.2) is 16.6 Å². The lowest BCUT2D eigenvalue weighted by Gasteiger charge is -2.65. The van der Waals surface area contributed by atoms with E-state index in [-0.39, 0.29) is 29.1 Å². The molecule has 2 aliphatic heterocycles. The van der Waals surface area contributed by atoms with Crippen LogP contribution in [-0.2, 0) is 14.3 Å². The molecule has 4 saturated carbocycles. The molecule has 6 rings (SSSR count). The van der Waals surface area contributed by atoms with Crippen LogP contribution in [0, 0.1) is 28.6 Å². The van der Waals surface area contributed by atoms with Crippen LogP contribution < -0.4 is 0 Å². The summed E-state index contributed by atoms with van der Waals surface area (Å²) in [4.78, 5) is 19.2. The number of aliphatic hydroxyl groups is 3. The van der Waals surface area contributed by atoms with Gasteiger partial charge in [-0.25, -0.2) is 4.79 Å². The molecular weight excluding hydrogens is 472 g/mol. The number of aliphatic imine (C=N–C) groups is 1. The fraction of sp³-hybridized carbons (Fsp3) is 0.862. The molecule has 0 radical (unpaired) electrons. The third-order valence-electron chi connectivity index (χ3n) is 11.6. The Labute approximate surface area is 220 Å².